The number of nitrogens with zero attached hydrogens (tertiary/aromatic N) is 1. The lowest BCUT2D eigenvalue weighted by molar-refractivity contribution is 0.159. The minimum absolute atomic E-state index is 0.231. The van der Waals surface area contributed by atoms with Crippen molar-refractivity contribution >= 4 is 0 Å². The van der Waals surface area contributed by atoms with Crippen LogP contribution in [-0.4, -0.2) is 42.3 Å². The summed E-state index contributed by atoms with van der Waals surface area (Å²) in [7, 11) is 0. The van der Waals surface area contributed by atoms with Crippen LogP contribution in [0.4, 0.5) is 0 Å². The summed E-state index contributed by atoms with van der Waals surface area (Å²) in [5.74, 6) is 0. The van der Waals surface area contributed by atoms with E-state index in [1.807, 2.05) is 0 Å². The van der Waals surface area contributed by atoms with Crippen LogP contribution in [0.1, 0.15) is 44.4 Å². The lowest BCUT2D eigenvalue weighted by Crippen LogP contribution is -2.36. The summed E-state index contributed by atoms with van der Waals surface area (Å²) in [6.45, 7) is 11.6. The first-order chi connectivity index (χ1) is 9.58. The zero-order chi connectivity index (χ0) is 15.0. The minimum Gasteiger partial charge on any atom is -0.395 e. The Balaban J connectivity index is 2.64. The summed E-state index contributed by atoms with van der Waals surface area (Å²) < 4.78 is 0. The van der Waals surface area contributed by atoms with Gasteiger partial charge in [0.05, 0.1) is 6.61 Å². The average molecular weight is 278 g/mol. The Hall–Kier alpha value is -0.900. The van der Waals surface area contributed by atoms with Crippen molar-refractivity contribution in [2.24, 2.45) is 0 Å². The number of aliphatic hydroxyl groups excluding tert-OH is 1. The Bertz CT molecular complexity index is 362. The largest absolute Gasteiger partial charge is 0.395 e. The maximum atomic E-state index is 9.14. The fraction of sp³-hybridized carbons (Fsp3) is 0.647. The van der Waals surface area contributed by atoms with E-state index in [2.05, 4.69) is 62.2 Å². The van der Waals surface area contributed by atoms with E-state index in [1.54, 1.807) is 0 Å². The van der Waals surface area contributed by atoms with Crippen LogP contribution in [0.5, 0.6) is 0 Å². The van der Waals surface area contributed by atoms with Crippen LogP contribution in [-0.2, 0) is 0 Å². The van der Waals surface area contributed by atoms with E-state index in [1.165, 1.54) is 11.1 Å². The fourth-order valence-corrected chi connectivity index (χ4v) is 2.48. The van der Waals surface area contributed by atoms with Gasteiger partial charge in [0.25, 0.3) is 0 Å². The normalized spacial score (nSPS) is 13.2. The lowest BCUT2D eigenvalue weighted by atomic mass is 10.0. The maximum absolute atomic E-state index is 9.14. The van der Waals surface area contributed by atoms with Crippen molar-refractivity contribution in [3.63, 3.8) is 0 Å². The van der Waals surface area contributed by atoms with Crippen LogP contribution in [0, 0.1) is 6.92 Å². The Morgan fingerprint density at radius 2 is 1.80 bits per heavy atom. The molecule has 1 atom stereocenters. The Morgan fingerprint density at radius 3 is 2.30 bits per heavy atom. The zero-order valence-electron chi connectivity index (χ0n) is 13.4. The quantitative estimate of drug-likeness (QED) is 0.729. The Kier molecular flexibility index (Phi) is 7.82. The molecule has 0 saturated carbocycles. The van der Waals surface area contributed by atoms with Crippen molar-refractivity contribution in [2.45, 2.75) is 46.2 Å². The molecule has 1 aromatic rings. The summed E-state index contributed by atoms with van der Waals surface area (Å²) in [4.78, 5) is 2.33. The number of hydrogen-bond donors (Lipinski definition) is 2. The monoisotopic (exact) mass is 278 g/mol. The van der Waals surface area contributed by atoms with Gasteiger partial charge in [0, 0.05) is 25.2 Å². The van der Waals surface area contributed by atoms with E-state index in [0.29, 0.717) is 12.1 Å². The van der Waals surface area contributed by atoms with Crippen LogP contribution in [0.15, 0.2) is 24.3 Å². The molecular weight excluding hydrogens is 248 g/mol. The van der Waals surface area contributed by atoms with Crippen molar-refractivity contribution in [2.75, 3.05) is 26.2 Å². The second kappa shape index (κ2) is 9.11. The second-order valence-corrected chi connectivity index (χ2v) is 5.66. The average Bonchev–Trinajstić information content (AvgIpc) is 2.42. The van der Waals surface area contributed by atoms with Gasteiger partial charge in [-0.2, -0.15) is 0 Å². The van der Waals surface area contributed by atoms with Gasteiger partial charge in [-0.05, 0) is 39.3 Å². The van der Waals surface area contributed by atoms with Crippen molar-refractivity contribution in [3.05, 3.63) is 35.4 Å². The molecule has 1 rings (SSSR count). The predicted molar refractivity (Wildman–Crippen MR) is 86.0 cm³/mol. The number of aryl methyl sites for hydroxylation is 1. The van der Waals surface area contributed by atoms with Gasteiger partial charge < -0.3 is 10.4 Å². The Morgan fingerprint density at radius 1 is 1.15 bits per heavy atom. The molecule has 0 bridgehead atoms. The number of aliphatic hydroxyl groups is 1. The van der Waals surface area contributed by atoms with Crippen LogP contribution in [0.25, 0.3) is 0 Å². The molecule has 20 heavy (non-hydrogen) atoms. The lowest BCUT2D eigenvalue weighted by Gasteiger charge is -2.28. The van der Waals surface area contributed by atoms with E-state index in [9.17, 15) is 0 Å². The highest BCUT2D eigenvalue weighted by atomic mass is 16.3. The zero-order valence-corrected chi connectivity index (χ0v) is 13.4. The van der Waals surface area contributed by atoms with Crippen molar-refractivity contribution in [1.29, 1.82) is 0 Å². The smallest absolute Gasteiger partial charge is 0.0558 e. The topological polar surface area (TPSA) is 35.5 Å². The fourth-order valence-electron chi connectivity index (χ4n) is 2.48. The van der Waals surface area contributed by atoms with Crippen molar-refractivity contribution in [3.8, 4) is 0 Å². The van der Waals surface area contributed by atoms with Crippen LogP contribution < -0.4 is 5.32 Å². The third-order valence-corrected chi connectivity index (χ3v) is 3.75. The van der Waals surface area contributed by atoms with E-state index >= 15 is 0 Å². The third kappa shape index (κ3) is 5.61. The molecule has 0 heterocycles. The molecule has 114 valence electrons. The SMILES string of the molecule is CCNC(CCN(CCO)C(C)C)c1ccc(C)cc1. The number of nitrogens with one attached hydrogen (secondary N) is 1. The standard InChI is InChI=1S/C17H30N2O/c1-5-18-17(16-8-6-15(4)7-9-16)10-11-19(12-13-20)14(2)3/h6-9,14,17-18,20H,5,10-13H2,1-4H3. The molecule has 3 heteroatoms. The molecule has 0 spiro atoms. The molecule has 0 aliphatic rings. The molecular formula is C17H30N2O. The predicted octanol–water partition coefficient (Wildman–Crippen LogP) is 2.74. The molecule has 1 aromatic carbocycles. The van der Waals surface area contributed by atoms with E-state index in [-0.39, 0.29) is 6.61 Å². The summed E-state index contributed by atoms with van der Waals surface area (Å²) in [5, 5.41) is 12.7. The summed E-state index contributed by atoms with van der Waals surface area (Å²) >= 11 is 0. The van der Waals surface area contributed by atoms with Crippen molar-refractivity contribution in [1.82, 2.24) is 10.2 Å². The molecule has 0 saturated heterocycles. The molecule has 2 N–H and O–H groups in total. The minimum atomic E-state index is 0.231. The summed E-state index contributed by atoms with van der Waals surface area (Å²) in [6.07, 6.45) is 1.06. The van der Waals surface area contributed by atoms with E-state index in [0.717, 1.165) is 26.1 Å². The summed E-state index contributed by atoms with van der Waals surface area (Å²) in [6, 6.07) is 9.65. The van der Waals surface area contributed by atoms with Gasteiger partial charge in [-0.1, -0.05) is 36.8 Å². The van der Waals surface area contributed by atoms with Gasteiger partial charge in [-0.3, -0.25) is 4.90 Å². The number of benzene rings is 1. The third-order valence-electron chi connectivity index (χ3n) is 3.75. The first-order valence-electron chi connectivity index (χ1n) is 7.73. The molecule has 0 aromatic heterocycles. The van der Waals surface area contributed by atoms with Gasteiger partial charge in [0.1, 0.15) is 0 Å². The van der Waals surface area contributed by atoms with Crippen LogP contribution in [0.3, 0.4) is 0 Å². The van der Waals surface area contributed by atoms with Gasteiger partial charge in [-0.15, -0.1) is 0 Å². The molecule has 0 amide bonds. The van der Waals surface area contributed by atoms with Gasteiger partial charge in [0.2, 0.25) is 0 Å². The molecule has 0 radical (unpaired) electrons. The highest BCUT2D eigenvalue weighted by Crippen LogP contribution is 2.18. The van der Waals surface area contributed by atoms with E-state index < -0.39 is 0 Å². The van der Waals surface area contributed by atoms with Gasteiger partial charge in [-0.25, -0.2) is 0 Å². The maximum Gasteiger partial charge on any atom is 0.0558 e. The number of rotatable bonds is 9. The molecule has 0 aliphatic carbocycles. The van der Waals surface area contributed by atoms with Gasteiger partial charge >= 0.3 is 0 Å². The molecule has 3 nitrogen and oxygen atoms in total. The van der Waals surface area contributed by atoms with E-state index in [4.69, 9.17) is 5.11 Å². The summed E-state index contributed by atoms with van der Waals surface area (Å²) in [5.41, 5.74) is 2.65. The van der Waals surface area contributed by atoms with Crippen LogP contribution >= 0.6 is 0 Å². The highest BCUT2D eigenvalue weighted by Gasteiger charge is 2.14. The molecule has 1 unspecified atom stereocenters. The highest BCUT2D eigenvalue weighted by molar-refractivity contribution is 5.24. The Labute approximate surface area is 124 Å². The molecule has 0 aliphatic heterocycles. The van der Waals surface area contributed by atoms with Gasteiger partial charge in [0.15, 0.2) is 0 Å². The van der Waals surface area contributed by atoms with Crippen molar-refractivity contribution < 1.29 is 5.11 Å². The molecule has 0 fully saturated rings. The second-order valence-electron chi connectivity index (χ2n) is 5.66. The number of hydrogen-bond acceptors (Lipinski definition) is 3. The first-order valence-corrected chi connectivity index (χ1v) is 7.73. The first kappa shape index (κ1) is 17.2. The van der Waals surface area contributed by atoms with Crippen LogP contribution in [0.2, 0.25) is 0 Å².